The van der Waals surface area contributed by atoms with Crippen LogP contribution in [0, 0.1) is 0 Å². The van der Waals surface area contributed by atoms with Crippen LogP contribution in [0.25, 0.3) is 0 Å². The summed E-state index contributed by atoms with van der Waals surface area (Å²) in [5, 5.41) is 9.65. The molecule has 0 saturated heterocycles. The zero-order valence-electron chi connectivity index (χ0n) is 12.6. The van der Waals surface area contributed by atoms with Gasteiger partial charge >= 0.3 is 0 Å². The molecule has 1 unspecified atom stereocenters. The number of aliphatic hydroxyl groups excluding tert-OH is 1. The van der Waals surface area contributed by atoms with Crippen molar-refractivity contribution in [3.05, 3.63) is 59.7 Å². The van der Waals surface area contributed by atoms with Crippen molar-refractivity contribution in [1.29, 1.82) is 0 Å². The first-order valence-corrected chi connectivity index (χ1v) is 7.23. The second-order valence-electron chi connectivity index (χ2n) is 4.93. The van der Waals surface area contributed by atoms with Gasteiger partial charge in [0.15, 0.2) is 0 Å². The Morgan fingerprint density at radius 3 is 2.10 bits per heavy atom. The lowest BCUT2D eigenvalue weighted by molar-refractivity contribution is 0.264. The summed E-state index contributed by atoms with van der Waals surface area (Å²) in [6.07, 6.45) is 0.801. The van der Waals surface area contributed by atoms with E-state index in [1.165, 1.54) is 5.56 Å². The molecule has 0 bridgehead atoms. The highest BCUT2D eigenvalue weighted by atomic mass is 16.5. The quantitative estimate of drug-likeness (QED) is 0.847. The summed E-state index contributed by atoms with van der Waals surface area (Å²) >= 11 is 0. The van der Waals surface area contributed by atoms with Crippen molar-refractivity contribution in [2.45, 2.75) is 19.3 Å². The Labute approximate surface area is 126 Å². The first-order valence-electron chi connectivity index (χ1n) is 7.23. The average Bonchev–Trinajstić information content (AvgIpc) is 2.54. The van der Waals surface area contributed by atoms with E-state index in [9.17, 15) is 5.11 Å². The van der Waals surface area contributed by atoms with Gasteiger partial charge in [-0.05, 0) is 48.7 Å². The van der Waals surface area contributed by atoms with Gasteiger partial charge in [0.05, 0.1) is 20.3 Å². The first-order chi connectivity index (χ1) is 10.3. The number of hydrogen-bond donors (Lipinski definition) is 1. The van der Waals surface area contributed by atoms with Crippen LogP contribution in [0.5, 0.6) is 11.5 Å². The lowest BCUT2D eigenvalue weighted by Gasteiger charge is -2.15. The van der Waals surface area contributed by atoms with Crippen molar-refractivity contribution in [2.75, 3.05) is 20.3 Å². The third-order valence-electron chi connectivity index (χ3n) is 3.52. The zero-order valence-corrected chi connectivity index (χ0v) is 12.6. The summed E-state index contributed by atoms with van der Waals surface area (Å²) in [7, 11) is 1.65. The van der Waals surface area contributed by atoms with Crippen LogP contribution in [0.2, 0.25) is 0 Å². The minimum absolute atomic E-state index is 0.0915. The first kappa shape index (κ1) is 15.4. The van der Waals surface area contributed by atoms with Gasteiger partial charge in [-0.3, -0.25) is 0 Å². The van der Waals surface area contributed by atoms with E-state index < -0.39 is 0 Å². The molecule has 112 valence electrons. The van der Waals surface area contributed by atoms with Gasteiger partial charge in [-0.2, -0.15) is 0 Å². The summed E-state index contributed by atoms with van der Waals surface area (Å²) < 4.78 is 10.6. The van der Waals surface area contributed by atoms with Gasteiger partial charge in [-0.15, -0.1) is 0 Å². The smallest absolute Gasteiger partial charge is 0.119 e. The Balaban J connectivity index is 2.06. The van der Waals surface area contributed by atoms with Gasteiger partial charge in [0.25, 0.3) is 0 Å². The number of benzene rings is 2. The van der Waals surface area contributed by atoms with Gasteiger partial charge in [-0.1, -0.05) is 24.3 Å². The molecule has 0 aliphatic rings. The molecule has 0 saturated carbocycles. The van der Waals surface area contributed by atoms with Crippen LogP contribution in [0.1, 0.15) is 24.0 Å². The Hall–Kier alpha value is -2.00. The summed E-state index contributed by atoms with van der Waals surface area (Å²) in [5.41, 5.74) is 2.31. The van der Waals surface area contributed by atoms with E-state index in [1.54, 1.807) is 7.11 Å². The van der Waals surface area contributed by atoms with Crippen LogP contribution >= 0.6 is 0 Å². The molecule has 0 fully saturated rings. The fourth-order valence-corrected chi connectivity index (χ4v) is 2.34. The zero-order chi connectivity index (χ0) is 15.1. The van der Waals surface area contributed by atoms with Gasteiger partial charge in [0.2, 0.25) is 0 Å². The van der Waals surface area contributed by atoms with Crippen molar-refractivity contribution in [1.82, 2.24) is 0 Å². The minimum atomic E-state index is 0.0915. The van der Waals surface area contributed by atoms with Gasteiger partial charge < -0.3 is 14.6 Å². The highest BCUT2D eigenvalue weighted by Crippen LogP contribution is 2.24. The molecule has 2 aromatic rings. The van der Waals surface area contributed by atoms with Crippen LogP contribution in [0.3, 0.4) is 0 Å². The van der Waals surface area contributed by atoms with Crippen LogP contribution in [-0.2, 0) is 6.42 Å². The number of aliphatic hydroxyl groups is 1. The highest BCUT2D eigenvalue weighted by molar-refractivity contribution is 5.32. The maximum Gasteiger partial charge on any atom is 0.119 e. The second-order valence-corrected chi connectivity index (χ2v) is 4.93. The van der Waals surface area contributed by atoms with Crippen LogP contribution in [-0.4, -0.2) is 25.4 Å². The molecule has 2 aromatic carbocycles. The van der Waals surface area contributed by atoms with Crippen molar-refractivity contribution in [2.24, 2.45) is 0 Å². The second kappa shape index (κ2) is 7.70. The molecule has 21 heavy (non-hydrogen) atoms. The summed E-state index contributed by atoms with van der Waals surface area (Å²) in [4.78, 5) is 0. The normalized spacial score (nSPS) is 12.0. The van der Waals surface area contributed by atoms with Crippen molar-refractivity contribution in [3.63, 3.8) is 0 Å². The molecule has 0 radical (unpaired) electrons. The molecule has 0 amide bonds. The molecule has 1 atom stereocenters. The van der Waals surface area contributed by atoms with Crippen LogP contribution < -0.4 is 9.47 Å². The topological polar surface area (TPSA) is 38.7 Å². The molecule has 0 aliphatic heterocycles. The molecule has 0 aromatic heterocycles. The van der Waals surface area contributed by atoms with E-state index >= 15 is 0 Å². The number of methoxy groups -OCH3 is 1. The molecule has 3 nitrogen and oxygen atoms in total. The lowest BCUT2D eigenvalue weighted by atomic mass is 9.92. The standard InChI is InChI=1S/C18H22O3/c1-3-21-18-8-4-14(5-9-18)12-16(13-19)15-6-10-17(20-2)11-7-15/h4-11,16,19H,3,12-13H2,1-2H3. The minimum Gasteiger partial charge on any atom is -0.497 e. The van der Waals surface area contributed by atoms with E-state index in [2.05, 4.69) is 12.1 Å². The molecular weight excluding hydrogens is 264 g/mol. The van der Waals surface area contributed by atoms with E-state index in [1.807, 2.05) is 43.3 Å². The van der Waals surface area contributed by atoms with Crippen molar-refractivity contribution >= 4 is 0 Å². The van der Waals surface area contributed by atoms with Crippen LogP contribution in [0.15, 0.2) is 48.5 Å². The van der Waals surface area contributed by atoms with Gasteiger partial charge in [-0.25, -0.2) is 0 Å². The van der Waals surface area contributed by atoms with E-state index in [4.69, 9.17) is 9.47 Å². The Bertz CT molecular complexity index is 531. The largest absolute Gasteiger partial charge is 0.497 e. The molecule has 1 N–H and O–H groups in total. The third-order valence-corrected chi connectivity index (χ3v) is 3.52. The Morgan fingerprint density at radius 2 is 1.57 bits per heavy atom. The number of ether oxygens (including phenoxy) is 2. The monoisotopic (exact) mass is 286 g/mol. The van der Waals surface area contributed by atoms with Crippen molar-refractivity contribution in [3.8, 4) is 11.5 Å². The SMILES string of the molecule is CCOc1ccc(CC(CO)c2ccc(OC)cc2)cc1. The Kier molecular flexibility index (Phi) is 5.64. The maximum absolute atomic E-state index is 9.65. The van der Waals surface area contributed by atoms with Crippen molar-refractivity contribution < 1.29 is 14.6 Å². The fourth-order valence-electron chi connectivity index (χ4n) is 2.34. The molecule has 0 heterocycles. The highest BCUT2D eigenvalue weighted by Gasteiger charge is 2.11. The maximum atomic E-state index is 9.65. The predicted molar refractivity (Wildman–Crippen MR) is 84.1 cm³/mol. The average molecular weight is 286 g/mol. The number of hydrogen-bond acceptors (Lipinski definition) is 3. The third kappa shape index (κ3) is 4.23. The summed E-state index contributed by atoms with van der Waals surface area (Å²) in [6, 6.07) is 15.9. The number of rotatable bonds is 7. The Morgan fingerprint density at radius 1 is 0.952 bits per heavy atom. The molecular formula is C18H22O3. The van der Waals surface area contributed by atoms with E-state index in [0.717, 1.165) is 23.5 Å². The van der Waals surface area contributed by atoms with Gasteiger partial charge in [0.1, 0.15) is 11.5 Å². The lowest BCUT2D eigenvalue weighted by Crippen LogP contribution is -2.07. The molecule has 2 rings (SSSR count). The summed E-state index contributed by atoms with van der Waals surface area (Å²) in [6.45, 7) is 2.77. The fraction of sp³-hybridized carbons (Fsp3) is 0.333. The van der Waals surface area contributed by atoms with Gasteiger partial charge in [0, 0.05) is 5.92 Å². The summed E-state index contributed by atoms with van der Waals surface area (Å²) in [5.74, 6) is 1.80. The van der Waals surface area contributed by atoms with E-state index in [-0.39, 0.29) is 12.5 Å². The predicted octanol–water partition coefficient (Wildman–Crippen LogP) is 3.41. The molecule has 0 aliphatic carbocycles. The van der Waals surface area contributed by atoms with E-state index in [0.29, 0.717) is 6.61 Å². The molecule has 3 heteroatoms. The van der Waals surface area contributed by atoms with Crippen LogP contribution in [0.4, 0.5) is 0 Å². The molecule has 0 spiro atoms.